The minimum atomic E-state index is -2.21. The van der Waals surface area contributed by atoms with Crippen molar-refractivity contribution in [1.82, 2.24) is 9.55 Å². The molecule has 3 rings (SSSR count). The van der Waals surface area contributed by atoms with Gasteiger partial charge in [0, 0.05) is 19.1 Å². The Bertz CT molecular complexity index is 1210. The number of hydrogen-bond donors (Lipinski definition) is 1. The summed E-state index contributed by atoms with van der Waals surface area (Å²) in [6, 6.07) is 8.21. The molecule has 1 fully saturated rings. The molecule has 1 aromatic carbocycles. The lowest BCUT2D eigenvalue weighted by atomic mass is 9.99. The van der Waals surface area contributed by atoms with E-state index >= 15 is 0 Å². The second kappa shape index (κ2) is 11.2. The molecule has 1 amide bonds. The largest absolute Gasteiger partial charge is 0.413 e. The van der Waals surface area contributed by atoms with Crippen LogP contribution in [0.1, 0.15) is 43.8 Å². The molecule has 1 aromatic heterocycles. The van der Waals surface area contributed by atoms with Gasteiger partial charge in [-0.2, -0.15) is 4.98 Å². The Kier molecular flexibility index (Phi) is 8.72. The van der Waals surface area contributed by atoms with Crippen molar-refractivity contribution in [3.63, 3.8) is 0 Å². The molecule has 0 aliphatic carbocycles. The summed E-state index contributed by atoms with van der Waals surface area (Å²) in [4.78, 5) is 29.0. The van der Waals surface area contributed by atoms with E-state index in [0.717, 1.165) is 10.8 Å². The van der Waals surface area contributed by atoms with Crippen molar-refractivity contribution >= 4 is 20.0 Å². The third-order valence-electron chi connectivity index (χ3n) is 6.85. The van der Waals surface area contributed by atoms with Crippen molar-refractivity contribution in [3.05, 3.63) is 58.4 Å². The number of carbonyl (C=O) groups is 1. The van der Waals surface area contributed by atoms with Crippen LogP contribution in [0.25, 0.3) is 0 Å². The van der Waals surface area contributed by atoms with Gasteiger partial charge in [0.1, 0.15) is 19.1 Å². The first-order valence-electron chi connectivity index (χ1n) is 11.9. The molecule has 1 saturated heterocycles. The smallest absolute Gasteiger partial charge is 0.351 e. The van der Waals surface area contributed by atoms with Crippen LogP contribution in [0.15, 0.2) is 41.3 Å². The minimum Gasteiger partial charge on any atom is -0.413 e. The number of nitrogens with one attached hydrogen (secondary N) is 1. The van der Waals surface area contributed by atoms with Crippen LogP contribution in [0.5, 0.6) is 0 Å². The summed E-state index contributed by atoms with van der Waals surface area (Å²) in [6.45, 7) is 10.4. The first kappa shape index (κ1) is 28.7. The van der Waals surface area contributed by atoms with Crippen LogP contribution < -0.4 is 11.0 Å². The van der Waals surface area contributed by atoms with Gasteiger partial charge in [-0.3, -0.25) is 9.36 Å². The van der Waals surface area contributed by atoms with E-state index in [9.17, 15) is 14.0 Å². The number of methoxy groups -OCH3 is 1. The Morgan fingerprint density at radius 1 is 1.35 bits per heavy atom. The molecular weight excluding hydrogens is 497 g/mol. The maximum absolute atomic E-state index is 15.0. The average Bonchev–Trinajstić information content (AvgIpc) is 3.22. The molecule has 37 heavy (non-hydrogen) atoms. The maximum atomic E-state index is 15.0. The van der Waals surface area contributed by atoms with Crippen LogP contribution >= 0.6 is 0 Å². The fourth-order valence-corrected chi connectivity index (χ4v) is 4.58. The van der Waals surface area contributed by atoms with Crippen LogP contribution in [0.3, 0.4) is 0 Å². The first-order valence-corrected chi connectivity index (χ1v) is 14.8. The number of halogens is 1. The van der Waals surface area contributed by atoms with Crippen LogP contribution in [0.4, 0.5) is 10.2 Å². The van der Waals surface area contributed by atoms with E-state index in [1.165, 1.54) is 7.11 Å². The number of terminal acetylenes is 1. The van der Waals surface area contributed by atoms with Gasteiger partial charge >= 0.3 is 5.69 Å². The number of aromatic nitrogens is 2. The minimum absolute atomic E-state index is 0.0285. The highest BCUT2D eigenvalue weighted by Gasteiger charge is 2.52. The third kappa shape index (κ3) is 6.34. The van der Waals surface area contributed by atoms with Gasteiger partial charge in [0.25, 0.3) is 5.91 Å². The molecule has 0 saturated carbocycles. The Morgan fingerprint density at radius 3 is 2.62 bits per heavy atom. The Balaban J connectivity index is 1.86. The van der Waals surface area contributed by atoms with Crippen LogP contribution in [-0.4, -0.2) is 56.0 Å². The fraction of sp³-hybridized carbons (Fsp3) is 0.500. The fourth-order valence-electron chi connectivity index (χ4n) is 3.57. The van der Waals surface area contributed by atoms with Crippen molar-refractivity contribution in [2.45, 2.75) is 63.3 Å². The van der Waals surface area contributed by atoms with E-state index in [2.05, 4.69) is 50.1 Å². The molecule has 0 spiro atoms. The van der Waals surface area contributed by atoms with Gasteiger partial charge in [0.15, 0.2) is 25.6 Å². The summed E-state index contributed by atoms with van der Waals surface area (Å²) in [5.41, 5.74) is -1.86. The number of anilines is 1. The third-order valence-corrected chi connectivity index (χ3v) is 11.3. The predicted molar refractivity (Wildman–Crippen MR) is 139 cm³/mol. The Hall–Kier alpha value is -2.88. The lowest BCUT2D eigenvalue weighted by Crippen LogP contribution is -2.50. The van der Waals surface area contributed by atoms with Gasteiger partial charge in [0.05, 0.1) is 12.8 Å². The molecule has 0 radical (unpaired) electrons. The van der Waals surface area contributed by atoms with Gasteiger partial charge in [-0.1, -0.05) is 44.9 Å². The van der Waals surface area contributed by atoms with E-state index in [1.54, 1.807) is 30.3 Å². The van der Waals surface area contributed by atoms with Gasteiger partial charge < -0.3 is 24.0 Å². The van der Waals surface area contributed by atoms with Gasteiger partial charge in [-0.05, 0) is 30.3 Å². The number of carbonyl (C=O) groups excluding carboxylic acids is 1. The molecule has 2 heterocycles. The Morgan fingerprint density at radius 2 is 2.03 bits per heavy atom. The lowest BCUT2D eigenvalue weighted by Gasteiger charge is -2.39. The molecule has 11 heteroatoms. The van der Waals surface area contributed by atoms with E-state index in [0.29, 0.717) is 5.56 Å². The van der Waals surface area contributed by atoms with E-state index < -0.39 is 49.5 Å². The summed E-state index contributed by atoms with van der Waals surface area (Å²) < 4.78 is 39.4. The highest BCUT2D eigenvalue weighted by Crippen LogP contribution is 2.42. The summed E-state index contributed by atoms with van der Waals surface area (Å²) in [7, 11) is -0.737. The molecule has 3 atom stereocenters. The molecule has 200 valence electrons. The second-order valence-electron chi connectivity index (χ2n) is 10.4. The molecule has 1 aliphatic rings. The number of rotatable bonds is 9. The molecule has 9 nitrogen and oxygen atoms in total. The first-order chi connectivity index (χ1) is 17.3. The topological polar surface area (TPSA) is 101 Å². The molecule has 0 bridgehead atoms. The van der Waals surface area contributed by atoms with Gasteiger partial charge in [-0.15, -0.1) is 6.42 Å². The number of benzene rings is 1. The maximum Gasteiger partial charge on any atom is 0.351 e. The summed E-state index contributed by atoms with van der Waals surface area (Å²) in [5.74, 6) is 0.677. The molecular formula is C26H34FN3O6Si. The zero-order valence-electron chi connectivity index (χ0n) is 22.0. The summed E-state index contributed by atoms with van der Waals surface area (Å²) >= 11 is 0. The van der Waals surface area contributed by atoms with Gasteiger partial charge in [-0.25, -0.2) is 9.18 Å². The van der Waals surface area contributed by atoms with E-state index in [4.69, 9.17) is 25.1 Å². The highest BCUT2D eigenvalue weighted by atomic mass is 28.4. The quantitative estimate of drug-likeness (QED) is 0.297. The Labute approximate surface area is 217 Å². The molecule has 1 aliphatic heterocycles. The summed E-state index contributed by atoms with van der Waals surface area (Å²) in [6.07, 6.45) is 5.32. The predicted octanol–water partition coefficient (Wildman–Crippen LogP) is 3.94. The number of nitrogens with zero attached hydrogens (tertiary/aromatic N) is 2. The van der Waals surface area contributed by atoms with Gasteiger partial charge in [0.2, 0.25) is 0 Å². The normalized spacial score (nSPS) is 22.0. The van der Waals surface area contributed by atoms with E-state index in [1.807, 2.05) is 0 Å². The highest BCUT2D eigenvalue weighted by molar-refractivity contribution is 6.74. The SMILES string of the molecule is C#C[C@]1(CO[Si](C)(C)C(C)(C)C)O[C@@H](n2cc(F)c(NC(=O)c3ccccc3)nc2=O)C[C@@H]1OCOC. The van der Waals surface area contributed by atoms with Crippen LogP contribution in [0.2, 0.25) is 18.1 Å². The van der Waals surface area contributed by atoms with Crippen molar-refractivity contribution in [1.29, 1.82) is 0 Å². The zero-order valence-corrected chi connectivity index (χ0v) is 23.0. The van der Waals surface area contributed by atoms with Crippen LogP contribution in [0, 0.1) is 18.2 Å². The molecule has 1 N–H and O–H groups in total. The van der Waals surface area contributed by atoms with Crippen LogP contribution in [-0.2, 0) is 18.6 Å². The summed E-state index contributed by atoms with van der Waals surface area (Å²) in [5, 5.41) is 2.26. The lowest BCUT2D eigenvalue weighted by molar-refractivity contribution is -0.135. The van der Waals surface area contributed by atoms with Crippen molar-refractivity contribution < 1.29 is 27.8 Å². The molecule has 0 unspecified atom stereocenters. The van der Waals surface area contributed by atoms with E-state index in [-0.39, 0.29) is 24.9 Å². The van der Waals surface area contributed by atoms with Crippen molar-refractivity contribution in [3.8, 4) is 12.3 Å². The average molecular weight is 532 g/mol. The zero-order chi connectivity index (χ0) is 27.4. The van der Waals surface area contributed by atoms with Crippen molar-refractivity contribution in [2.75, 3.05) is 25.8 Å². The number of hydrogen-bond acceptors (Lipinski definition) is 7. The number of ether oxygens (including phenoxy) is 3. The van der Waals surface area contributed by atoms with Crippen molar-refractivity contribution in [2.24, 2.45) is 0 Å². The standard InChI is InChI=1S/C26H34FN3O6Si/c1-8-26(16-35-37(6,7)25(2,3)4)20(34-17-33-5)14-21(36-26)30-15-19(27)22(29-24(30)32)28-23(31)18-12-10-9-11-13-18/h1,9-13,15,20-21H,14,16-17H2,2-7H3,(H,28,29,31,32)/t20-,21+,26+/m0/s1. The molecule has 2 aromatic rings. The monoisotopic (exact) mass is 531 g/mol. The second-order valence-corrected chi connectivity index (χ2v) is 15.2. The number of amides is 1.